The molecule has 5 nitrogen and oxygen atoms in total. The van der Waals surface area contributed by atoms with Crippen LogP contribution in [0.15, 0.2) is 60.7 Å². The summed E-state index contributed by atoms with van der Waals surface area (Å²) in [5, 5.41) is 11.3. The summed E-state index contributed by atoms with van der Waals surface area (Å²) in [6.45, 7) is 0. The maximum absolute atomic E-state index is 11.6. The SMILES string of the molecule is COC(=O)N(O)[C@@H]1CC=C[C@H]1Cc1cccc(Oc2cccc(Cl)c2)c1. The summed E-state index contributed by atoms with van der Waals surface area (Å²) < 4.78 is 10.5. The number of rotatable bonds is 5. The lowest BCUT2D eigenvalue weighted by molar-refractivity contribution is -0.107. The molecule has 3 rings (SSSR count). The molecule has 0 spiro atoms. The van der Waals surface area contributed by atoms with Crippen molar-refractivity contribution in [2.24, 2.45) is 5.92 Å². The number of methoxy groups -OCH3 is 1. The van der Waals surface area contributed by atoms with Gasteiger partial charge >= 0.3 is 6.09 Å². The van der Waals surface area contributed by atoms with E-state index < -0.39 is 6.09 Å². The van der Waals surface area contributed by atoms with E-state index in [1.807, 2.05) is 48.6 Å². The van der Waals surface area contributed by atoms with Crippen molar-refractivity contribution in [3.05, 3.63) is 71.3 Å². The second-order valence-electron chi connectivity index (χ2n) is 6.12. The monoisotopic (exact) mass is 373 g/mol. The highest BCUT2D eigenvalue weighted by Gasteiger charge is 2.31. The molecule has 0 radical (unpaired) electrons. The Morgan fingerprint density at radius 2 is 1.96 bits per heavy atom. The minimum Gasteiger partial charge on any atom is -0.457 e. The molecule has 0 fully saturated rings. The van der Waals surface area contributed by atoms with Crippen LogP contribution in [-0.4, -0.2) is 29.5 Å². The Hall–Kier alpha value is -2.50. The van der Waals surface area contributed by atoms with Crippen molar-refractivity contribution in [1.82, 2.24) is 5.06 Å². The van der Waals surface area contributed by atoms with Crippen LogP contribution in [0.4, 0.5) is 4.79 Å². The Kier molecular flexibility index (Phi) is 5.81. The second kappa shape index (κ2) is 8.25. The Bertz CT molecular complexity index is 808. The predicted molar refractivity (Wildman–Crippen MR) is 98.7 cm³/mol. The van der Waals surface area contributed by atoms with Crippen LogP contribution < -0.4 is 4.74 Å². The summed E-state index contributed by atoms with van der Waals surface area (Å²) in [6.07, 6.45) is 4.49. The number of benzene rings is 2. The van der Waals surface area contributed by atoms with Gasteiger partial charge in [-0.2, -0.15) is 5.06 Å². The molecule has 1 aliphatic carbocycles. The van der Waals surface area contributed by atoms with Gasteiger partial charge in [0.05, 0.1) is 13.2 Å². The third-order valence-corrected chi connectivity index (χ3v) is 4.57. The number of carbonyl (C=O) groups is 1. The summed E-state index contributed by atoms with van der Waals surface area (Å²) in [7, 11) is 1.25. The molecule has 26 heavy (non-hydrogen) atoms. The molecule has 0 unspecified atom stereocenters. The lowest BCUT2D eigenvalue weighted by Gasteiger charge is -2.26. The fourth-order valence-corrected chi connectivity index (χ4v) is 3.27. The molecule has 0 saturated heterocycles. The molecule has 2 aromatic rings. The lowest BCUT2D eigenvalue weighted by Crippen LogP contribution is -2.40. The first-order chi connectivity index (χ1) is 12.6. The number of carbonyl (C=O) groups excluding carboxylic acids is 1. The molecule has 0 saturated carbocycles. The van der Waals surface area contributed by atoms with Crippen molar-refractivity contribution < 1.29 is 19.5 Å². The summed E-state index contributed by atoms with van der Waals surface area (Å²) in [4.78, 5) is 11.6. The largest absolute Gasteiger partial charge is 0.457 e. The van der Waals surface area contributed by atoms with Gasteiger partial charge in [-0.1, -0.05) is 42.0 Å². The zero-order chi connectivity index (χ0) is 18.5. The first-order valence-corrected chi connectivity index (χ1v) is 8.69. The molecule has 2 aromatic carbocycles. The maximum Gasteiger partial charge on any atom is 0.433 e. The second-order valence-corrected chi connectivity index (χ2v) is 6.56. The van der Waals surface area contributed by atoms with Crippen LogP contribution in [0, 0.1) is 5.92 Å². The van der Waals surface area contributed by atoms with Gasteiger partial charge in [0, 0.05) is 10.9 Å². The molecule has 1 aliphatic rings. The fraction of sp³-hybridized carbons (Fsp3) is 0.250. The molecule has 1 amide bonds. The van der Waals surface area contributed by atoms with E-state index in [-0.39, 0.29) is 12.0 Å². The third-order valence-electron chi connectivity index (χ3n) is 4.33. The molecule has 0 aliphatic heterocycles. The number of amides is 1. The average molecular weight is 374 g/mol. The van der Waals surface area contributed by atoms with E-state index in [9.17, 15) is 10.0 Å². The van der Waals surface area contributed by atoms with Gasteiger partial charge in [-0.05, 0) is 48.7 Å². The third kappa shape index (κ3) is 4.36. The minimum atomic E-state index is -0.748. The van der Waals surface area contributed by atoms with Gasteiger partial charge in [0.15, 0.2) is 0 Å². The summed E-state index contributed by atoms with van der Waals surface area (Å²) in [5.41, 5.74) is 1.05. The summed E-state index contributed by atoms with van der Waals surface area (Å²) >= 11 is 5.99. The quantitative estimate of drug-likeness (QED) is 0.451. The number of hydrogen-bond donors (Lipinski definition) is 1. The van der Waals surface area contributed by atoms with E-state index in [2.05, 4.69) is 4.74 Å². The maximum atomic E-state index is 11.6. The van der Waals surface area contributed by atoms with E-state index >= 15 is 0 Å². The predicted octanol–water partition coefficient (Wildman–Crippen LogP) is 5.08. The highest BCUT2D eigenvalue weighted by atomic mass is 35.5. The highest BCUT2D eigenvalue weighted by molar-refractivity contribution is 6.30. The Balaban J connectivity index is 1.70. The molecule has 1 N–H and O–H groups in total. The average Bonchev–Trinajstić information content (AvgIpc) is 3.08. The summed E-state index contributed by atoms with van der Waals surface area (Å²) in [6, 6.07) is 14.6. The molecule has 6 heteroatoms. The van der Waals surface area contributed by atoms with E-state index in [0.29, 0.717) is 34.4 Å². The topological polar surface area (TPSA) is 59.0 Å². The number of hydroxylamine groups is 2. The normalized spacial score (nSPS) is 18.6. The van der Waals surface area contributed by atoms with Crippen molar-refractivity contribution in [3.63, 3.8) is 0 Å². The van der Waals surface area contributed by atoms with E-state index in [1.165, 1.54) is 7.11 Å². The first kappa shape index (κ1) is 18.3. The fourth-order valence-electron chi connectivity index (χ4n) is 3.08. The van der Waals surface area contributed by atoms with Crippen molar-refractivity contribution in [2.45, 2.75) is 18.9 Å². The molecule has 2 atom stereocenters. The van der Waals surface area contributed by atoms with E-state index in [1.54, 1.807) is 12.1 Å². The van der Waals surface area contributed by atoms with Crippen molar-refractivity contribution >= 4 is 17.7 Å². The van der Waals surface area contributed by atoms with Gasteiger partial charge in [0.2, 0.25) is 0 Å². The minimum absolute atomic E-state index is 0.000481. The van der Waals surface area contributed by atoms with E-state index in [0.717, 1.165) is 5.56 Å². The van der Waals surface area contributed by atoms with Crippen LogP contribution in [0.1, 0.15) is 12.0 Å². The zero-order valence-corrected chi connectivity index (χ0v) is 15.1. The first-order valence-electron chi connectivity index (χ1n) is 8.32. The van der Waals surface area contributed by atoms with Crippen LogP contribution in [0.5, 0.6) is 11.5 Å². The number of hydrogen-bond acceptors (Lipinski definition) is 4. The van der Waals surface area contributed by atoms with Gasteiger partial charge in [-0.25, -0.2) is 4.79 Å². The number of nitrogens with zero attached hydrogens (tertiary/aromatic N) is 1. The molecular formula is C20H20ClNO4. The van der Waals surface area contributed by atoms with Crippen LogP contribution in [0.2, 0.25) is 5.02 Å². The van der Waals surface area contributed by atoms with Gasteiger partial charge in [0.1, 0.15) is 11.5 Å². The Morgan fingerprint density at radius 3 is 2.69 bits per heavy atom. The Morgan fingerprint density at radius 1 is 1.23 bits per heavy atom. The standard InChI is InChI=1S/C20H20ClNO4/c1-25-20(23)22(24)19-10-3-6-15(19)11-14-5-2-8-17(12-14)26-18-9-4-7-16(21)13-18/h2-9,12-13,15,19,24H,10-11H2,1H3/t15-,19+/m0/s1. The van der Waals surface area contributed by atoms with Crippen molar-refractivity contribution in [2.75, 3.05) is 7.11 Å². The van der Waals surface area contributed by atoms with Crippen molar-refractivity contribution in [1.29, 1.82) is 0 Å². The van der Waals surface area contributed by atoms with Gasteiger partial charge in [0.25, 0.3) is 0 Å². The highest BCUT2D eigenvalue weighted by Crippen LogP contribution is 2.29. The molecule has 0 bridgehead atoms. The summed E-state index contributed by atoms with van der Waals surface area (Å²) in [5.74, 6) is 1.37. The molecular weight excluding hydrogens is 354 g/mol. The van der Waals surface area contributed by atoms with Crippen LogP contribution >= 0.6 is 11.6 Å². The van der Waals surface area contributed by atoms with Crippen LogP contribution in [0.25, 0.3) is 0 Å². The lowest BCUT2D eigenvalue weighted by atomic mass is 9.94. The van der Waals surface area contributed by atoms with Crippen LogP contribution in [0.3, 0.4) is 0 Å². The molecule has 136 valence electrons. The smallest absolute Gasteiger partial charge is 0.433 e. The number of ether oxygens (including phenoxy) is 2. The zero-order valence-electron chi connectivity index (χ0n) is 14.3. The number of halogens is 1. The van der Waals surface area contributed by atoms with E-state index in [4.69, 9.17) is 16.3 Å². The van der Waals surface area contributed by atoms with Gasteiger partial charge in [-0.3, -0.25) is 5.21 Å². The van der Waals surface area contributed by atoms with Gasteiger partial charge in [-0.15, -0.1) is 0 Å². The van der Waals surface area contributed by atoms with Crippen LogP contribution in [-0.2, 0) is 11.2 Å². The molecule has 0 heterocycles. The Labute approximate surface area is 157 Å². The van der Waals surface area contributed by atoms with Crippen molar-refractivity contribution in [3.8, 4) is 11.5 Å². The van der Waals surface area contributed by atoms with Gasteiger partial charge < -0.3 is 9.47 Å². The molecule has 0 aromatic heterocycles.